The van der Waals surface area contributed by atoms with Gasteiger partial charge in [0.15, 0.2) is 5.92 Å². The van der Waals surface area contributed by atoms with E-state index in [-0.39, 0.29) is 0 Å². The molecule has 0 aliphatic heterocycles. The summed E-state index contributed by atoms with van der Waals surface area (Å²) in [5, 5.41) is 17.6. The summed E-state index contributed by atoms with van der Waals surface area (Å²) in [5.41, 5.74) is 0. The van der Waals surface area contributed by atoms with Crippen LogP contribution in [0.5, 0.6) is 0 Å². The van der Waals surface area contributed by atoms with Crippen LogP contribution in [0.15, 0.2) is 0 Å². The molecule has 3 atom stereocenters. The Morgan fingerprint density at radius 1 is 1.13 bits per heavy atom. The van der Waals surface area contributed by atoms with Crippen LogP contribution in [0.3, 0.4) is 0 Å². The molecule has 4 nitrogen and oxygen atoms in total. The summed E-state index contributed by atoms with van der Waals surface area (Å²) < 4.78 is 0. The molecule has 0 amide bonds. The number of aliphatic carboxylic acids is 2. The summed E-state index contributed by atoms with van der Waals surface area (Å²) in [5.74, 6) is -1.91. The summed E-state index contributed by atoms with van der Waals surface area (Å²) in [6.45, 7) is 0. The van der Waals surface area contributed by atoms with E-state index >= 15 is 0 Å². The van der Waals surface area contributed by atoms with E-state index in [4.69, 9.17) is 10.2 Å². The molecule has 15 heavy (non-hydrogen) atoms. The van der Waals surface area contributed by atoms with Gasteiger partial charge < -0.3 is 10.2 Å². The van der Waals surface area contributed by atoms with E-state index in [1.807, 2.05) is 0 Å². The van der Waals surface area contributed by atoms with Gasteiger partial charge in [-0.3, -0.25) is 9.59 Å². The van der Waals surface area contributed by atoms with E-state index in [1.165, 1.54) is 19.3 Å². The van der Waals surface area contributed by atoms with Crippen molar-refractivity contribution in [2.45, 2.75) is 32.1 Å². The summed E-state index contributed by atoms with van der Waals surface area (Å²) in [4.78, 5) is 21.5. The standard InChI is InChI=1S/C11H16O4/c12-10(13)9(11(14)15)5-8-4-6-1-2-7(8)3-6/h6-9H,1-5H2,(H,12,13)(H,14,15)/t6?,7-,8+/m0/s1. The predicted octanol–water partition coefficient (Wildman–Crippen LogP) is 1.60. The Balaban J connectivity index is 1.95. The molecule has 4 heteroatoms. The van der Waals surface area contributed by atoms with Gasteiger partial charge in [-0.1, -0.05) is 6.42 Å². The van der Waals surface area contributed by atoms with Crippen molar-refractivity contribution in [1.29, 1.82) is 0 Å². The second kappa shape index (κ2) is 3.83. The van der Waals surface area contributed by atoms with Gasteiger partial charge >= 0.3 is 11.9 Å². The zero-order chi connectivity index (χ0) is 11.0. The minimum Gasteiger partial charge on any atom is -0.481 e. The lowest BCUT2D eigenvalue weighted by Gasteiger charge is -2.22. The van der Waals surface area contributed by atoms with Crippen molar-refractivity contribution in [2.75, 3.05) is 0 Å². The molecule has 0 aromatic heterocycles. The van der Waals surface area contributed by atoms with Crippen molar-refractivity contribution < 1.29 is 19.8 Å². The maximum Gasteiger partial charge on any atom is 0.317 e. The summed E-state index contributed by atoms with van der Waals surface area (Å²) in [6, 6.07) is 0. The largest absolute Gasteiger partial charge is 0.481 e. The van der Waals surface area contributed by atoms with Gasteiger partial charge in [-0.2, -0.15) is 0 Å². The minimum atomic E-state index is -1.20. The molecule has 2 rings (SSSR count). The van der Waals surface area contributed by atoms with Gasteiger partial charge in [0.2, 0.25) is 0 Å². The van der Waals surface area contributed by atoms with Crippen molar-refractivity contribution in [1.82, 2.24) is 0 Å². The average Bonchev–Trinajstić information content (AvgIpc) is 2.73. The van der Waals surface area contributed by atoms with Crippen LogP contribution in [0.25, 0.3) is 0 Å². The Morgan fingerprint density at radius 3 is 2.20 bits per heavy atom. The Kier molecular flexibility index (Phi) is 2.67. The first-order valence-corrected chi connectivity index (χ1v) is 5.53. The van der Waals surface area contributed by atoms with Crippen LogP contribution in [0, 0.1) is 23.7 Å². The Morgan fingerprint density at radius 2 is 1.80 bits per heavy atom. The maximum atomic E-state index is 10.8. The molecule has 2 N–H and O–H groups in total. The van der Waals surface area contributed by atoms with Crippen LogP contribution in [0.4, 0.5) is 0 Å². The molecule has 2 fully saturated rings. The van der Waals surface area contributed by atoms with Crippen molar-refractivity contribution in [2.24, 2.45) is 23.7 Å². The molecule has 0 radical (unpaired) electrons. The van der Waals surface area contributed by atoms with E-state index in [9.17, 15) is 9.59 Å². The molecule has 2 saturated carbocycles. The SMILES string of the molecule is O=C(O)C(C[C@H]1CC2CC[C@H]1C2)C(=O)O. The van der Waals surface area contributed by atoms with E-state index in [0.29, 0.717) is 18.3 Å². The molecule has 2 bridgehead atoms. The van der Waals surface area contributed by atoms with Crippen LogP contribution >= 0.6 is 0 Å². The van der Waals surface area contributed by atoms with Gasteiger partial charge in [-0.25, -0.2) is 0 Å². The predicted molar refractivity (Wildman–Crippen MR) is 52.3 cm³/mol. The highest BCUT2D eigenvalue weighted by molar-refractivity contribution is 5.92. The van der Waals surface area contributed by atoms with Crippen LogP contribution < -0.4 is 0 Å². The van der Waals surface area contributed by atoms with Gasteiger partial charge in [0.25, 0.3) is 0 Å². The Hall–Kier alpha value is -1.06. The first kappa shape index (κ1) is 10.5. The fourth-order valence-corrected chi connectivity index (χ4v) is 3.28. The minimum absolute atomic E-state index is 0.325. The summed E-state index contributed by atoms with van der Waals surface area (Å²) >= 11 is 0. The zero-order valence-electron chi connectivity index (χ0n) is 8.56. The lowest BCUT2D eigenvalue weighted by molar-refractivity contribution is -0.155. The molecule has 2 aliphatic carbocycles. The fraction of sp³-hybridized carbons (Fsp3) is 0.818. The highest BCUT2D eigenvalue weighted by Crippen LogP contribution is 2.50. The monoisotopic (exact) mass is 212 g/mol. The first-order chi connectivity index (χ1) is 7.08. The Labute approximate surface area is 88.3 Å². The van der Waals surface area contributed by atoms with Gasteiger partial charge in [-0.15, -0.1) is 0 Å². The second-order valence-corrected chi connectivity index (χ2v) is 4.90. The lowest BCUT2D eigenvalue weighted by Crippen LogP contribution is -2.27. The fourth-order valence-electron chi connectivity index (χ4n) is 3.28. The third-order valence-corrected chi connectivity index (χ3v) is 4.02. The smallest absolute Gasteiger partial charge is 0.317 e. The third-order valence-electron chi connectivity index (χ3n) is 4.02. The van der Waals surface area contributed by atoms with Crippen molar-refractivity contribution >= 4 is 11.9 Å². The molecule has 0 aromatic rings. The topological polar surface area (TPSA) is 74.6 Å². The van der Waals surface area contributed by atoms with Crippen LogP contribution in [0.1, 0.15) is 32.1 Å². The molecule has 0 saturated heterocycles. The second-order valence-electron chi connectivity index (χ2n) is 4.90. The van der Waals surface area contributed by atoms with E-state index in [0.717, 1.165) is 12.3 Å². The third kappa shape index (κ3) is 1.98. The van der Waals surface area contributed by atoms with Crippen molar-refractivity contribution in [3.8, 4) is 0 Å². The maximum absolute atomic E-state index is 10.8. The average molecular weight is 212 g/mol. The number of hydrogen-bond donors (Lipinski definition) is 2. The number of carbonyl (C=O) groups is 2. The van der Waals surface area contributed by atoms with Crippen LogP contribution in [0.2, 0.25) is 0 Å². The molecule has 1 unspecified atom stereocenters. The summed E-state index contributed by atoms with van der Waals surface area (Å²) in [6.07, 6.45) is 4.98. The highest BCUT2D eigenvalue weighted by atomic mass is 16.4. The van der Waals surface area contributed by atoms with E-state index in [1.54, 1.807) is 0 Å². The quantitative estimate of drug-likeness (QED) is 0.694. The molecule has 0 spiro atoms. The molecular formula is C11H16O4. The van der Waals surface area contributed by atoms with Crippen molar-refractivity contribution in [3.63, 3.8) is 0 Å². The van der Waals surface area contributed by atoms with Gasteiger partial charge in [0.1, 0.15) is 0 Å². The molecule has 0 heterocycles. The van der Waals surface area contributed by atoms with Crippen LogP contribution in [-0.4, -0.2) is 22.2 Å². The van der Waals surface area contributed by atoms with Gasteiger partial charge in [0.05, 0.1) is 0 Å². The number of carboxylic acid groups (broad SMARTS) is 2. The zero-order valence-corrected chi connectivity index (χ0v) is 8.56. The Bertz CT molecular complexity index is 272. The van der Waals surface area contributed by atoms with Crippen LogP contribution in [-0.2, 0) is 9.59 Å². The van der Waals surface area contributed by atoms with E-state index < -0.39 is 17.9 Å². The first-order valence-electron chi connectivity index (χ1n) is 5.53. The molecular weight excluding hydrogens is 196 g/mol. The molecule has 2 aliphatic rings. The number of hydrogen-bond acceptors (Lipinski definition) is 2. The molecule has 0 aromatic carbocycles. The van der Waals surface area contributed by atoms with Gasteiger partial charge in [0, 0.05) is 0 Å². The number of rotatable bonds is 4. The summed E-state index contributed by atoms with van der Waals surface area (Å²) in [7, 11) is 0. The van der Waals surface area contributed by atoms with Gasteiger partial charge in [-0.05, 0) is 43.4 Å². The number of carboxylic acids is 2. The molecule has 84 valence electrons. The highest BCUT2D eigenvalue weighted by Gasteiger charge is 2.42. The number of fused-ring (bicyclic) bond motifs is 2. The van der Waals surface area contributed by atoms with Crippen molar-refractivity contribution in [3.05, 3.63) is 0 Å². The normalized spacial score (nSPS) is 33.5. The lowest BCUT2D eigenvalue weighted by atomic mass is 9.82. The van der Waals surface area contributed by atoms with E-state index in [2.05, 4.69) is 0 Å².